The maximum absolute atomic E-state index is 13.0. The van der Waals surface area contributed by atoms with Crippen LogP contribution in [0.2, 0.25) is 0 Å². The van der Waals surface area contributed by atoms with Crippen LogP contribution < -0.4 is 9.47 Å². The number of carbonyl (C=O) groups excluding carboxylic acids is 2. The van der Waals surface area contributed by atoms with Crippen molar-refractivity contribution in [1.29, 1.82) is 0 Å². The number of nitro groups is 1. The quantitative estimate of drug-likeness (QED) is 0.494. The van der Waals surface area contributed by atoms with E-state index < -0.39 is 34.2 Å². The molecule has 0 aromatic heterocycles. The molecule has 1 fully saturated rings. The number of nitrogens with zero attached hydrogens (tertiary/aromatic N) is 3. The molecule has 2 aromatic carbocycles. The number of hydrogen-bond acceptors (Lipinski definition) is 6. The number of methoxy groups -OCH3 is 2. The van der Waals surface area contributed by atoms with Gasteiger partial charge in [0.15, 0.2) is 11.5 Å². The maximum Gasteiger partial charge on any atom is 0.416 e. The van der Waals surface area contributed by atoms with E-state index in [2.05, 4.69) is 0 Å². The molecule has 176 valence electrons. The minimum atomic E-state index is -4.50. The normalized spacial score (nSPS) is 14.1. The highest BCUT2D eigenvalue weighted by atomic mass is 19.4. The van der Waals surface area contributed by atoms with E-state index in [1.54, 1.807) is 0 Å². The van der Waals surface area contributed by atoms with Gasteiger partial charge >= 0.3 is 6.18 Å². The fraction of sp³-hybridized carbons (Fsp3) is 0.333. The third kappa shape index (κ3) is 4.99. The van der Waals surface area contributed by atoms with Crippen LogP contribution in [0.1, 0.15) is 26.3 Å². The van der Waals surface area contributed by atoms with Crippen LogP contribution >= 0.6 is 0 Å². The second-order valence-electron chi connectivity index (χ2n) is 7.14. The van der Waals surface area contributed by atoms with Gasteiger partial charge in [-0.25, -0.2) is 0 Å². The zero-order valence-electron chi connectivity index (χ0n) is 17.7. The molecule has 0 spiro atoms. The summed E-state index contributed by atoms with van der Waals surface area (Å²) in [7, 11) is 2.65. The molecule has 1 heterocycles. The van der Waals surface area contributed by atoms with Crippen molar-refractivity contribution in [2.45, 2.75) is 6.18 Å². The number of carbonyl (C=O) groups is 2. The molecule has 9 nitrogen and oxygen atoms in total. The van der Waals surface area contributed by atoms with Crippen molar-refractivity contribution in [2.24, 2.45) is 0 Å². The lowest BCUT2D eigenvalue weighted by atomic mass is 10.1. The van der Waals surface area contributed by atoms with Gasteiger partial charge in [0.2, 0.25) is 0 Å². The van der Waals surface area contributed by atoms with Gasteiger partial charge in [0.1, 0.15) is 5.56 Å². The minimum Gasteiger partial charge on any atom is -0.493 e. The number of ether oxygens (including phenoxy) is 2. The van der Waals surface area contributed by atoms with Crippen molar-refractivity contribution in [3.63, 3.8) is 0 Å². The smallest absolute Gasteiger partial charge is 0.416 e. The molecule has 2 aromatic rings. The molecule has 2 amide bonds. The molecule has 0 radical (unpaired) electrons. The van der Waals surface area contributed by atoms with Crippen LogP contribution in [-0.4, -0.2) is 66.9 Å². The SMILES string of the molecule is COc1cc(C(=O)N2CCN(C(=O)c3ccc(C(F)(F)F)cc3)CC2)c([N+](=O)[O-])cc1OC. The molecule has 0 bridgehead atoms. The van der Waals surface area contributed by atoms with Gasteiger partial charge in [0, 0.05) is 37.8 Å². The molecule has 0 saturated carbocycles. The Labute approximate surface area is 186 Å². The first-order chi connectivity index (χ1) is 15.6. The van der Waals surface area contributed by atoms with Gasteiger partial charge in [0.05, 0.1) is 30.8 Å². The van der Waals surface area contributed by atoms with Crippen molar-refractivity contribution >= 4 is 17.5 Å². The number of halogens is 3. The summed E-state index contributed by atoms with van der Waals surface area (Å²) in [6.45, 7) is 0.423. The molecule has 1 saturated heterocycles. The molecule has 12 heteroatoms. The Morgan fingerprint density at radius 3 is 1.85 bits per heavy atom. The highest BCUT2D eigenvalue weighted by molar-refractivity contribution is 5.99. The predicted molar refractivity (Wildman–Crippen MR) is 109 cm³/mol. The summed E-state index contributed by atoms with van der Waals surface area (Å²) < 4.78 is 48.3. The van der Waals surface area contributed by atoms with Crippen molar-refractivity contribution in [3.8, 4) is 11.5 Å². The number of alkyl halides is 3. The fourth-order valence-corrected chi connectivity index (χ4v) is 3.46. The highest BCUT2D eigenvalue weighted by Crippen LogP contribution is 2.35. The second-order valence-corrected chi connectivity index (χ2v) is 7.14. The highest BCUT2D eigenvalue weighted by Gasteiger charge is 2.32. The van der Waals surface area contributed by atoms with Crippen LogP contribution in [0.3, 0.4) is 0 Å². The molecule has 0 N–H and O–H groups in total. The summed E-state index contributed by atoms with van der Waals surface area (Å²) in [5.41, 5.74) is -1.38. The Kier molecular flexibility index (Phi) is 6.75. The van der Waals surface area contributed by atoms with E-state index in [-0.39, 0.29) is 48.8 Å². The predicted octanol–water partition coefficient (Wildman–Crippen LogP) is 3.23. The molecule has 0 unspecified atom stereocenters. The van der Waals surface area contributed by atoms with Crippen molar-refractivity contribution < 1.29 is 37.2 Å². The van der Waals surface area contributed by atoms with Crippen LogP contribution in [0.5, 0.6) is 11.5 Å². The van der Waals surface area contributed by atoms with Crippen molar-refractivity contribution in [1.82, 2.24) is 9.80 Å². The zero-order chi connectivity index (χ0) is 24.3. The Morgan fingerprint density at radius 2 is 1.39 bits per heavy atom. The maximum atomic E-state index is 13.0. The Balaban J connectivity index is 1.73. The first kappa shape index (κ1) is 23.8. The van der Waals surface area contributed by atoms with Gasteiger partial charge in [-0.3, -0.25) is 19.7 Å². The Morgan fingerprint density at radius 1 is 0.909 bits per heavy atom. The lowest BCUT2D eigenvalue weighted by Gasteiger charge is -2.34. The van der Waals surface area contributed by atoms with E-state index >= 15 is 0 Å². The summed E-state index contributed by atoms with van der Waals surface area (Å²) in [6.07, 6.45) is -4.50. The summed E-state index contributed by atoms with van der Waals surface area (Å²) in [6, 6.07) is 6.23. The number of benzene rings is 2. The van der Waals surface area contributed by atoms with Crippen molar-refractivity contribution in [3.05, 3.63) is 63.2 Å². The molecule has 0 atom stereocenters. The standard InChI is InChI=1S/C21H20F3N3O6/c1-32-17-11-15(16(27(30)31)12-18(17)33-2)20(29)26-9-7-25(8-10-26)19(28)13-3-5-14(6-4-13)21(22,23)24/h3-6,11-12H,7-10H2,1-2H3. The Bertz CT molecular complexity index is 1060. The van der Waals surface area contributed by atoms with E-state index in [1.807, 2.05) is 0 Å². The molecule has 33 heavy (non-hydrogen) atoms. The van der Waals surface area contributed by atoms with Gasteiger partial charge in [-0.2, -0.15) is 13.2 Å². The second kappa shape index (κ2) is 9.35. The Hall–Kier alpha value is -3.83. The first-order valence-electron chi connectivity index (χ1n) is 9.73. The monoisotopic (exact) mass is 467 g/mol. The molecule has 1 aliphatic heterocycles. The van der Waals surface area contributed by atoms with Gasteiger partial charge in [0.25, 0.3) is 17.5 Å². The third-order valence-corrected chi connectivity index (χ3v) is 5.24. The molecule has 3 rings (SSSR count). The molecular weight excluding hydrogens is 447 g/mol. The summed E-state index contributed by atoms with van der Waals surface area (Å²) in [5, 5.41) is 11.5. The van der Waals surface area contributed by atoms with Crippen molar-refractivity contribution in [2.75, 3.05) is 40.4 Å². The van der Waals surface area contributed by atoms with Gasteiger partial charge in [-0.1, -0.05) is 0 Å². The number of amides is 2. The average molecular weight is 467 g/mol. The van der Waals surface area contributed by atoms with E-state index in [1.165, 1.54) is 30.1 Å². The number of piperazine rings is 1. The summed E-state index contributed by atoms with van der Waals surface area (Å²) in [5.74, 6) is -0.813. The fourth-order valence-electron chi connectivity index (χ4n) is 3.46. The van der Waals surface area contributed by atoms with E-state index in [0.29, 0.717) is 0 Å². The first-order valence-corrected chi connectivity index (χ1v) is 9.73. The number of hydrogen-bond donors (Lipinski definition) is 0. The minimum absolute atomic E-state index is 0.0940. The van der Waals surface area contributed by atoms with Crippen LogP contribution in [0.25, 0.3) is 0 Å². The molecule has 0 aliphatic carbocycles. The average Bonchev–Trinajstić information content (AvgIpc) is 2.81. The molecule has 1 aliphatic rings. The van der Waals surface area contributed by atoms with Crippen LogP contribution in [0, 0.1) is 10.1 Å². The van der Waals surface area contributed by atoms with Gasteiger partial charge in [-0.15, -0.1) is 0 Å². The summed E-state index contributed by atoms with van der Waals surface area (Å²) in [4.78, 5) is 39.2. The van der Waals surface area contributed by atoms with Gasteiger partial charge < -0.3 is 19.3 Å². The lowest BCUT2D eigenvalue weighted by Crippen LogP contribution is -2.50. The third-order valence-electron chi connectivity index (χ3n) is 5.24. The van der Waals surface area contributed by atoms with Crippen LogP contribution in [0.15, 0.2) is 36.4 Å². The topological polar surface area (TPSA) is 102 Å². The van der Waals surface area contributed by atoms with Crippen LogP contribution in [0.4, 0.5) is 18.9 Å². The number of nitro benzene ring substituents is 1. The van der Waals surface area contributed by atoms with E-state index in [0.717, 1.165) is 30.3 Å². The molecular formula is C21H20F3N3O6. The largest absolute Gasteiger partial charge is 0.493 e. The van der Waals surface area contributed by atoms with E-state index in [9.17, 15) is 32.9 Å². The number of rotatable bonds is 5. The zero-order valence-corrected chi connectivity index (χ0v) is 17.7. The van der Waals surface area contributed by atoms with E-state index in [4.69, 9.17) is 9.47 Å². The summed E-state index contributed by atoms with van der Waals surface area (Å²) >= 11 is 0. The van der Waals surface area contributed by atoms with Gasteiger partial charge in [-0.05, 0) is 24.3 Å². The lowest BCUT2D eigenvalue weighted by molar-refractivity contribution is -0.385. The van der Waals surface area contributed by atoms with Crippen LogP contribution in [-0.2, 0) is 6.18 Å².